The normalized spacial score (nSPS) is 31.7. The van der Waals surface area contributed by atoms with Crippen molar-refractivity contribution in [1.29, 1.82) is 5.41 Å². The van der Waals surface area contributed by atoms with E-state index in [0.29, 0.717) is 0 Å². The van der Waals surface area contributed by atoms with Crippen LogP contribution in [0.3, 0.4) is 0 Å². The zero-order valence-electron chi connectivity index (χ0n) is 9.17. The first-order valence-corrected chi connectivity index (χ1v) is 5.18. The van der Waals surface area contributed by atoms with Crippen molar-refractivity contribution in [2.75, 3.05) is 6.61 Å². The van der Waals surface area contributed by atoms with E-state index in [2.05, 4.69) is 0 Å². The molecule has 1 aromatic rings. The van der Waals surface area contributed by atoms with E-state index >= 15 is 0 Å². The molecule has 0 aliphatic carbocycles. The second kappa shape index (κ2) is 4.53. The van der Waals surface area contributed by atoms with Crippen molar-refractivity contribution in [1.82, 2.24) is 9.30 Å². The Morgan fingerprint density at radius 2 is 2.06 bits per heavy atom. The molecule has 18 heavy (non-hydrogen) atoms. The van der Waals surface area contributed by atoms with Crippen molar-refractivity contribution in [3.8, 4) is 0 Å². The van der Waals surface area contributed by atoms with E-state index in [4.69, 9.17) is 15.3 Å². The first-order chi connectivity index (χ1) is 8.47. The number of aliphatic hydroxyl groups excluding tert-OH is 3. The number of rotatable bonds is 2. The van der Waals surface area contributed by atoms with Crippen LogP contribution in [0.1, 0.15) is 6.23 Å². The van der Waals surface area contributed by atoms with Crippen LogP contribution in [0.15, 0.2) is 17.1 Å². The third-order valence-electron chi connectivity index (χ3n) is 2.81. The minimum Gasteiger partial charge on any atom is -0.422 e. The van der Waals surface area contributed by atoms with Crippen molar-refractivity contribution in [2.45, 2.75) is 24.5 Å². The fourth-order valence-electron chi connectivity index (χ4n) is 1.80. The molecule has 1 fully saturated rings. The second-order valence-corrected chi connectivity index (χ2v) is 3.93. The highest BCUT2D eigenvalue weighted by Gasteiger charge is 2.43. The number of aromatic nitrogens is 2. The van der Waals surface area contributed by atoms with E-state index in [0.717, 1.165) is 16.8 Å². The van der Waals surface area contributed by atoms with Crippen molar-refractivity contribution >= 4 is 0 Å². The Hall–Kier alpha value is -1.68. The summed E-state index contributed by atoms with van der Waals surface area (Å²) < 4.78 is 6.04. The highest BCUT2D eigenvalue weighted by Crippen LogP contribution is 2.27. The van der Waals surface area contributed by atoms with Gasteiger partial charge >= 0.3 is 5.69 Å². The average molecular weight is 259 g/mol. The summed E-state index contributed by atoms with van der Waals surface area (Å²) in [5.41, 5.74) is -1.42. The molecule has 9 nitrogen and oxygen atoms in total. The average Bonchev–Trinajstić information content (AvgIpc) is 2.64. The molecular weight excluding hydrogens is 246 g/mol. The molecular formula is C9H13N3O6. The number of aliphatic hydroxyl groups is 3. The summed E-state index contributed by atoms with van der Waals surface area (Å²) >= 11 is 0. The van der Waals surface area contributed by atoms with Gasteiger partial charge in [-0.15, -0.1) is 4.73 Å². The maximum atomic E-state index is 11.6. The molecule has 1 aromatic heterocycles. The molecule has 4 atom stereocenters. The summed E-state index contributed by atoms with van der Waals surface area (Å²) in [5, 5.41) is 44.6. The lowest BCUT2D eigenvalue weighted by Gasteiger charge is -2.17. The third-order valence-corrected chi connectivity index (χ3v) is 2.81. The van der Waals surface area contributed by atoms with Gasteiger partial charge in [0.15, 0.2) is 11.7 Å². The Labute approximate surface area is 100 Å². The van der Waals surface area contributed by atoms with Gasteiger partial charge < -0.3 is 25.3 Å². The maximum Gasteiger partial charge on any atom is 0.365 e. The van der Waals surface area contributed by atoms with Gasteiger partial charge in [0, 0.05) is 12.3 Å². The van der Waals surface area contributed by atoms with E-state index in [-0.39, 0.29) is 4.73 Å². The van der Waals surface area contributed by atoms with E-state index in [1.165, 1.54) is 0 Å². The van der Waals surface area contributed by atoms with Gasteiger partial charge in [-0.2, -0.15) is 0 Å². The quantitative estimate of drug-likeness (QED) is 0.358. The Bertz CT molecular complexity index is 552. The minimum absolute atomic E-state index is 0.0781. The molecule has 4 unspecified atom stereocenters. The molecule has 0 amide bonds. The van der Waals surface area contributed by atoms with Gasteiger partial charge in [-0.25, -0.2) is 4.79 Å². The van der Waals surface area contributed by atoms with Crippen LogP contribution in [-0.2, 0) is 4.74 Å². The SMILES string of the molecule is N=c1ccn(C2OC(CO)C(O)C2O)c(=O)n1O. The van der Waals surface area contributed by atoms with Gasteiger partial charge in [0.1, 0.15) is 18.3 Å². The fraction of sp³-hybridized carbons (Fsp3) is 0.556. The number of hydrogen-bond donors (Lipinski definition) is 5. The summed E-state index contributed by atoms with van der Waals surface area (Å²) in [6, 6.07) is 1.12. The summed E-state index contributed by atoms with van der Waals surface area (Å²) in [5.74, 6) is 0. The van der Waals surface area contributed by atoms with Crippen molar-refractivity contribution in [3.63, 3.8) is 0 Å². The predicted octanol–water partition coefficient (Wildman–Crippen LogP) is -3.02. The van der Waals surface area contributed by atoms with E-state index in [1.807, 2.05) is 0 Å². The van der Waals surface area contributed by atoms with E-state index < -0.39 is 42.3 Å². The van der Waals surface area contributed by atoms with Crippen LogP contribution in [0.4, 0.5) is 0 Å². The van der Waals surface area contributed by atoms with Gasteiger partial charge in [0.05, 0.1) is 6.61 Å². The number of ether oxygens (including phenoxy) is 1. The summed E-state index contributed by atoms with van der Waals surface area (Å²) in [6.07, 6.45) is -3.85. The predicted molar refractivity (Wildman–Crippen MR) is 54.7 cm³/mol. The van der Waals surface area contributed by atoms with Crippen molar-refractivity contribution in [2.24, 2.45) is 0 Å². The van der Waals surface area contributed by atoms with Gasteiger partial charge in [0.25, 0.3) is 0 Å². The van der Waals surface area contributed by atoms with Crippen LogP contribution < -0.4 is 11.2 Å². The lowest BCUT2D eigenvalue weighted by atomic mass is 10.1. The minimum atomic E-state index is -1.42. The fourth-order valence-corrected chi connectivity index (χ4v) is 1.80. The highest BCUT2D eigenvalue weighted by molar-refractivity contribution is 4.92. The topological polar surface area (TPSA) is 141 Å². The van der Waals surface area contributed by atoms with E-state index in [9.17, 15) is 20.2 Å². The summed E-state index contributed by atoms with van der Waals surface area (Å²) in [7, 11) is 0. The zero-order chi connectivity index (χ0) is 13.4. The van der Waals surface area contributed by atoms with Crippen LogP contribution >= 0.6 is 0 Å². The largest absolute Gasteiger partial charge is 0.422 e. The second-order valence-electron chi connectivity index (χ2n) is 3.93. The smallest absolute Gasteiger partial charge is 0.365 e. The van der Waals surface area contributed by atoms with Gasteiger partial charge in [-0.3, -0.25) is 9.98 Å². The Balaban J connectivity index is 2.42. The highest BCUT2D eigenvalue weighted by atomic mass is 16.6. The Kier molecular flexibility index (Phi) is 3.22. The van der Waals surface area contributed by atoms with E-state index in [1.54, 1.807) is 0 Å². The molecule has 1 aliphatic rings. The lowest BCUT2D eigenvalue weighted by molar-refractivity contribution is -0.0579. The first-order valence-electron chi connectivity index (χ1n) is 5.18. The Morgan fingerprint density at radius 1 is 1.39 bits per heavy atom. The standard InChI is InChI=1S/C9H13N3O6/c10-5-1-2-11(9(16)12(5)17)8-7(15)6(14)4(3-13)18-8/h1-2,4,6-8,10,13-15,17H,3H2. The molecule has 2 rings (SSSR count). The van der Waals surface area contributed by atoms with Crippen LogP contribution in [-0.4, -0.2) is 54.7 Å². The molecule has 1 aliphatic heterocycles. The number of nitrogens with zero attached hydrogens (tertiary/aromatic N) is 2. The molecule has 0 spiro atoms. The summed E-state index contributed by atoms with van der Waals surface area (Å²) in [6.45, 7) is -0.515. The molecule has 2 heterocycles. The van der Waals surface area contributed by atoms with Gasteiger partial charge in [-0.1, -0.05) is 0 Å². The van der Waals surface area contributed by atoms with Crippen LogP contribution in [0.25, 0.3) is 0 Å². The number of hydrogen-bond acceptors (Lipinski definition) is 7. The molecule has 9 heteroatoms. The lowest BCUT2D eigenvalue weighted by Crippen LogP contribution is -2.42. The molecule has 0 radical (unpaired) electrons. The maximum absolute atomic E-state index is 11.6. The van der Waals surface area contributed by atoms with Gasteiger partial charge in [0.2, 0.25) is 0 Å². The third kappa shape index (κ3) is 1.82. The summed E-state index contributed by atoms with van der Waals surface area (Å²) in [4.78, 5) is 11.6. The van der Waals surface area contributed by atoms with Crippen molar-refractivity contribution < 1.29 is 25.3 Å². The molecule has 5 N–H and O–H groups in total. The molecule has 100 valence electrons. The molecule has 1 saturated heterocycles. The van der Waals surface area contributed by atoms with Crippen LogP contribution in [0, 0.1) is 5.41 Å². The van der Waals surface area contributed by atoms with Crippen molar-refractivity contribution in [3.05, 3.63) is 28.2 Å². The zero-order valence-corrected chi connectivity index (χ0v) is 9.17. The number of nitrogens with one attached hydrogen (secondary N) is 1. The molecule has 0 aromatic carbocycles. The molecule has 0 saturated carbocycles. The molecule has 0 bridgehead atoms. The van der Waals surface area contributed by atoms with Crippen LogP contribution in [0.2, 0.25) is 0 Å². The van der Waals surface area contributed by atoms with Crippen LogP contribution in [0.5, 0.6) is 0 Å². The Morgan fingerprint density at radius 3 is 2.61 bits per heavy atom. The first kappa shape index (κ1) is 12.8. The van der Waals surface area contributed by atoms with Gasteiger partial charge in [-0.05, 0) is 0 Å². The monoisotopic (exact) mass is 259 g/mol.